The average molecular weight is 202 g/mol. The summed E-state index contributed by atoms with van der Waals surface area (Å²) in [6, 6.07) is 0. The quantitative estimate of drug-likeness (QED) is 0.478. The Morgan fingerprint density at radius 2 is 1.29 bits per heavy atom. The van der Waals surface area contributed by atoms with E-state index >= 15 is 0 Å². The van der Waals surface area contributed by atoms with Crippen LogP contribution in [0.5, 0.6) is 0 Å². The fourth-order valence-electron chi connectivity index (χ4n) is 1.36. The molecule has 2 nitrogen and oxygen atoms in total. The second-order valence-corrected chi connectivity index (χ2v) is 3.73. The second kappa shape index (κ2) is 12.9. The maximum Gasteiger partial charge on any atom is 0.0466 e. The highest BCUT2D eigenvalue weighted by molar-refractivity contribution is 4.43. The topological polar surface area (TPSA) is 18.5 Å². The van der Waals surface area contributed by atoms with E-state index in [0.29, 0.717) is 0 Å². The van der Waals surface area contributed by atoms with Crippen LogP contribution in [-0.2, 0) is 9.47 Å². The Balaban J connectivity index is 2.78. The van der Waals surface area contributed by atoms with Crippen LogP contribution in [-0.4, -0.2) is 26.9 Å². The van der Waals surface area contributed by atoms with Gasteiger partial charge in [0.25, 0.3) is 0 Å². The molecule has 0 heterocycles. The van der Waals surface area contributed by atoms with E-state index < -0.39 is 0 Å². The molecule has 0 aromatic rings. The summed E-state index contributed by atoms with van der Waals surface area (Å²) in [5.41, 5.74) is 0. The molecule has 0 aliphatic heterocycles. The molecule has 0 aromatic heterocycles. The normalized spacial score (nSPS) is 10.7. The number of rotatable bonds is 11. The van der Waals surface area contributed by atoms with Crippen molar-refractivity contribution in [3.05, 3.63) is 0 Å². The van der Waals surface area contributed by atoms with Gasteiger partial charge in [-0.25, -0.2) is 0 Å². The molecular formula is C12H26O2. The van der Waals surface area contributed by atoms with Crippen molar-refractivity contribution >= 4 is 0 Å². The van der Waals surface area contributed by atoms with Crippen LogP contribution in [0, 0.1) is 0 Å². The molecule has 0 saturated heterocycles. The Bertz CT molecular complexity index is 82.3. The lowest BCUT2D eigenvalue weighted by molar-refractivity contribution is 0.125. The molecule has 0 aliphatic rings. The van der Waals surface area contributed by atoms with Gasteiger partial charge in [-0.3, -0.25) is 0 Å². The first-order valence-corrected chi connectivity index (χ1v) is 5.98. The second-order valence-electron chi connectivity index (χ2n) is 3.73. The summed E-state index contributed by atoms with van der Waals surface area (Å²) < 4.78 is 10.5. The molecule has 0 N–H and O–H groups in total. The van der Waals surface area contributed by atoms with Gasteiger partial charge in [0.15, 0.2) is 0 Å². The Kier molecular flexibility index (Phi) is 12.8. The summed E-state index contributed by atoms with van der Waals surface area (Å²) in [5.74, 6) is 0. The Labute approximate surface area is 89.0 Å². The summed E-state index contributed by atoms with van der Waals surface area (Å²) in [5, 5.41) is 0. The summed E-state index contributed by atoms with van der Waals surface area (Å²) in [4.78, 5) is 0. The minimum absolute atomic E-state index is 0.900. The molecular weight excluding hydrogens is 176 g/mol. The zero-order valence-corrected chi connectivity index (χ0v) is 9.89. The van der Waals surface area contributed by atoms with Gasteiger partial charge in [-0.15, -0.1) is 0 Å². The van der Waals surface area contributed by atoms with Gasteiger partial charge in [0.2, 0.25) is 0 Å². The predicted octanol–water partition coefficient (Wildman–Crippen LogP) is 3.40. The highest BCUT2D eigenvalue weighted by Gasteiger charge is 1.91. The van der Waals surface area contributed by atoms with Gasteiger partial charge in [0, 0.05) is 26.9 Å². The van der Waals surface area contributed by atoms with E-state index in [1.165, 1.54) is 44.9 Å². The Morgan fingerprint density at radius 1 is 0.714 bits per heavy atom. The third-order valence-electron chi connectivity index (χ3n) is 2.28. The van der Waals surface area contributed by atoms with Crippen molar-refractivity contribution < 1.29 is 9.47 Å². The van der Waals surface area contributed by atoms with Crippen LogP contribution in [0.4, 0.5) is 0 Å². The van der Waals surface area contributed by atoms with Crippen molar-refractivity contribution in [2.24, 2.45) is 0 Å². The van der Waals surface area contributed by atoms with Crippen LogP contribution < -0.4 is 0 Å². The van der Waals surface area contributed by atoms with E-state index in [1.807, 2.05) is 0 Å². The standard InChI is InChI=1S/C12H26O2/c1-3-4-7-11-14-12-9-6-5-8-10-13-2/h3-12H2,1-2H3. The number of ether oxygens (including phenoxy) is 2. The van der Waals surface area contributed by atoms with E-state index in [0.717, 1.165) is 19.8 Å². The summed E-state index contributed by atoms with van der Waals surface area (Å²) in [7, 11) is 1.76. The fourth-order valence-corrected chi connectivity index (χ4v) is 1.36. The molecule has 0 bridgehead atoms. The van der Waals surface area contributed by atoms with E-state index in [2.05, 4.69) is 6.92 Å². The zero-order valence-electron chi connectivity index (χ0n) is 9.89. The molecule has 0 saturated carbocycles. The van der Waals surface area contributed by atoms with E-state index in [-0.39, 0.29) is 0 Å². The molecule has 0 unspecified atom stereocenters. The van der Waals surface area contributed by atoms with Gasteiger partial charge < -0.3 is 9.47 Å². The van der Waals surface area contributed by atoms with Crippen LogP contribution in [0.25, 0.3) is 0 Å². The first-order valence-electron chi connectivity index (χ1n) is 5.98. The summed E-state index contributed by atoms with van der Waals surface area (Å²) >= 11 is 0. The van der Waals surface area contributed by atoms with E-state index in [4.69, 9.17) is 9.47 Å². The minimum atomic E-state index is 0.900. The van der Waals surface area contributed by atoms with Crippen molar-refractivity contribution in [1.82, 2.24) is 0 Å². The molecule has 0 atom stereocenters. The van der Waals surface area contributed by atoms with E-state index in [1.54, 1.807) is 7.11 Å². The molecule has 86 valence electrons. The maximum atomic E-state index is 5.51. The Morgan fingerprint density at radius 3 is 1.86 bits per heavy atom. The van der Waals surface area contributed by atoms with E-state index in [9.17, 15) is 0 Å². The maximum absolute atomic E-state index is 5.51. The van der Waals surface area contributed by atoms with Crippen LogP contribution in [0.3, 0.4) is 0 Å². The van der Waals surface area contributed by atoms with Crippen molar-refractivity contribution in [1.29, 1.82) is 0 Å². The number of methoxy groups -OCH3 is 1. The first kappa shape index (κ1) is 13.9. The monoisotopic (exact) mass is 202 g/mol. The summed E-state index contributed by atoms with van der Waals surface area (Å²) in [6.45, 7) is 5.01. The smallest absolute Gasteiger partial charge is 0.0466 e. The molecule has 0 fully saturated rings. The van der Waals surface area contributed by atoms with Crippen molar-refractivity contribution in [2.75, 3.05) is 26.9 Å². The Hall–Kier alpha value is -0.0800. The number of unbranched alkanes of at least 4 members (excludes halogenated alkanes) is 5. The predicted molar refractivity (Wildman–Crippen MR) is 60.7 cm³/mol. The largest absolute Gasteiger partial charge is 0.385 e. The van der Waals surface area contributed by atoms with Gasteiger partial charge in [0.05, 0.1) is 0 Å². The van der Waals surface area contributed by atoms with Crippen LogP contribution in [0.1, 0.15) is 51.9 Å². The van der Waals surface area contributed by atoms with Gasteiger partial charge in [0.1, 0.15) is 0 Å². The lowest BCUT2D eigenvalue weighted by atomic mass is 10.2. The molecule has 14 heavy (non-hydrogen) atoms. The van der Waals surface area contributed by atoms with Crippen LogP contribution >= 0.6 is 0 Å². The van der Waals surface area contributed by atoms with Crippen molar-refractivity contribution in [3.63, 3.8) is 0 Å². The number of hydrogen-bond donors (Lipinski definition) is 0. The highest BCUT2D eigenvalue weighted by atomic mass is 16.5. The van der Waals surface area contributed by atoms with Gasteiger partial charge >= 0.3 is 0 Å². The highest BCUT2D eigenvalue weighted by Crippen LogP contribution is 2.01. The lowest BCUT2D eigenvalue weighted by Crippen LogP contribution is -1.97. The lowest BCUT2D eigenvalue weighted by Gasteiger charge is -2.03. The van der Waals surface area contributed by atoms with Gasteiger partial charge in [-0.05, 0) is 19.3 Å². The van der Waals surface area contributed by atoms with Crippen molar-refractivity contribution in [2.45, 2.75) is 51.9 Å². The molecule has 0 aliphatic carbocycles. The summed E-state index contributed by atoms with van der Waals surface area (Å²) in [6.07, 6.45) is 8.74. The first-order chi connectivity index (χ1) is 6.91. The fraction of sp³-hybridized carbons (Fsp3) is 1.00. The third-order valence-corrected chi connectivity index (χ3v) is 2.28. The molecule has 0 aromatic carbocycles. The van der Waals surface area contributed by atoms with Gasteiger partial charge in [-0.1, -0.05) is 32.6 Å². The van der Waals surface area contributed by atoms with Crippen LogP contribution in [0.2, 0.25) is 0 Å². The molecule has 0 radical (unpaired) electrons. The number of hydrogen-bond acceptors (Lipinski definition) is 2. The van der Waals surface area contributed by atoms with Gasteiger partial charge in [-0.2, -0.15) is 0 Å². The average Bonchev–Trinajstić information content (AvgIpc) is 2.21. The van der Waals surface area contributed by atoms with Crippen molar-refractivity contribution in [3.8, 4) is 0 Å². The minimum Gasteiger partial charge on any atom is -0.385 e. The zero-order chi connectivity index (χ0) is 10.5. The molecule has 0 amide bonds. The van der Waals surface area contributed by atoms with Crippen LogP contribution in [0.15, 0.2) is 0 Å². The molecule has 0 spiro atoms. The molecule has 0 rings (SSSR count). The third kappa shape index (κ3) is 11.9. The molecule has 2 heteroatoms. The SMILES string of the molecule is CCCCCOCCCCCCOC.